The number of hydrogen-bond donors (Lipinski definition) is 2. The fourth-order valence-electron chi connectivity index (χ4n) is 4.61. The minimum atomic E-state index is 0.134. The molecule has 3 nitrogen and oxygen atoms in total. The lowest BCUT2D eigenvalue weighted by Crippen LogP contribution is -2.48. The normalized spacial score (nSPS) is 30.9. The molecule has 2 atom stereocenters. The zero-order valence-electron chi connectivity index (χ0n) is 14.0. The molecule has 3 rings (SSSR count). The Labute approximate surface area is 133 Å². The Bertz CT molecular complexity index is 544. The van der Waals surface area contributed by atoms with Gasteiger partial charge in [0.05, 0.1) is 0 Å². The summed E-state index contributed by atoms with van der Waals surface area (Å²) in [7, 11) is 0. The molecule has 2 unspecified atom stereocenters. The maximum absolute atomic E-state index is 12.7. The zero-order chi connectivity index (χ0) is 15.9. The Morgan fingerprint density at radius 1 is 1.09 bits per heavy atom. The molecule has 2 aliphatic rings. The summed E-state index contributed by atoms with van der Waals surface area (Å²) >= 11 is 0. The van der Waals surface area contributed by atoms with Crippen molar-refractivity contribution in [3.8, 4) is 0 Å². The summed E-state index contributed by atoms with van der Waals surface area (Å²) in [6, 6.07) is 4.59. The molecule has 22 heavy (non-hydrogen) atoms. The highest BCUT2D eigenvalue weighted by Crippen LogP contribution is 2.42. The molecule has 0 spiro atoms. The molecule has 2 bridgehead atoms. The summed E-state index contributed by atoms with van der Waals surface area (Å²) in [4.78, 5) is 12.7. The van der Waals surface area contributed by atoms with Crippen molar-refractivity contribution in [2.75, 3.05) is 5.32 Å². The van der Waals surface area contributed by atoms with Crippen molar-refractivity contribution >= 4 is 11.6 Å². The molecule has 1 amide bonds. The third-order valence-electron chi connectivity index (χ3n) is 5.71. The van der Waals surface area contributed by atoms with Gasteiger partial charge in [0, 0.05) is 17.6 Å². The quantitative estimate of drug-likeness (QED) is 0.875. The van der Waals surface area contributed by atoms with Crippen molar-refractivity contribution in [2.45, 2.75) is 58.9 Å². The highest BCUT2D eigenvalue weighted by atomic mass is 16.1. The molecule has 120 valence electrons. The number of nitrogens with two attached hydrogens (primary N) is 1. The predicted molar refractivity (Wildman–Crippen MR) is 90.8 cm³/mol. The van der Waals surface area contributed by atoms with Crippen molar-refractivity contribution in [3.05, 3.63) is 28.8 Å². The fourth-order valence-corrected chi connectivity index (χ4v) is 4.61. The summed E-state index contributed by atoms with van der Waals surface area (Å²) in [5.74, 6) is 1.42. The molecule has 0 aromatic heterocycles. The molecule has 1 aromatic rings. The lowest BCUT2D eigenvalue weighted by molar-refractivity contribution is -0.122. The van der Waals surface area contributed by atoms with E-state index in [1.54, 1.807) is 0 Å². The SMILES string of the molecule is Cc1cc(C)c(NC(=O)C2CC3CCCC(C2)C3N)c(C)c1. The van der Waals surface area contributed by atoms with Crippen molar-refractivity contribution in [3.63, 3.8) is 0 Å². The number of anilines is 1. The Hall–Kier alpha value is -1.35. The molecule has 3 N–H and O–H groups in total. The van der Waals surface area contributed by atoms with Gasteiger partial charge in [-0.05, 0) is 69.4 Å². The second-order valence-corrected chi connectivity index (χ2v) is 7.46. The second kappa shape index (κ2) is 6.04. The summed E-state index contributed by atoms with van der Waals surface area (Å²) < 4.78 is 0. The monoisotopic (exact) mass is 300 g/mol. The van der Waals surface area contributed by atoms with Gasteiger partial charge in [0.2, 0.25) is 5.91 Å². The minimum Gasteiger partial charge on any atom is -0.327 e. The topological polar surface area (TPSA) is 55.1 Å². The molecule has 2 saturated carbocycles. The number of nitrogens with one attached hydrogen (secondary N) is 1. The standard InChI is InChI=1S/C19H28N2O/c1-11-7-12(2)18(13(3)8-11)21-19(22)16-9-14-5-4-6-15(10-16)17(14)20/h7-8,14-17H,4-6,9-10,20H2,1-3H3,(H,21,22). The predicted octanol–water partition coefficient (Wildman–Crippen LogP) is 3.70. The van der Waals surface area contributed by atoms with E-state index in [1.165, 1.54) is 24.8 Å². The van der Waals surface area contributed by atoms with Crippen LogP contribution in [0.15, 0.2) is 12.1 Å². The van der Waals surface area contributed by atoms with Gasteiger partial charge in [0.25, 0.3) is 0 Å². The Morgan fingerprint density at radius 2 is 1.64 bits per heavy atom. The van der Waals surface area contributed by atoms with Crippen LogP contribution in [0, 0.1) is 38.5 Å². The maximum Gasteiger partial charge on any atom is 0.227 e. The molecule has 0 saturated heterocycles. The smallest absolute Gasteiger partial charge is 0.227 e. The lowest BCUT2D eigenvalue weighted by Gasteiger charge is -2.43. The second-order valence-electron chi connectivity index (χ2n) is 7.46. The van der Waals surface area contributed by atoms with E-state index in [0.717, 1.165) is 29.7 Å². The van der Waals surface area contributed by atoms with Gasteiger partial charge in [-0.15, -0.1) is 0 Å². The molecule has 2 aliphatic carbocycles. The van der Waals surface area contributed by atoms with Gasteiger partial charge in [0.1, 0.15) is 0 Å². The number of carbonyl (C=O) groups excluding carboxylic acids is 1. The van der Waals surface area contributed by atoms with Crippen LogP contribution in [0.1, 0.15) is 48.8 Å². The highest BCUT2D eigenvalue weighted by molar-refractivity contribution is 5.94. The van der Waals surface area contributed by atoms with E-state index in [1.807, 2.05) is 0 Å². The average Bonchev–Trinajstić information content (AvgIpc) is 2.42. The first kappa shape index (κ1) is 15.5. The van der Waals surface area contributed by atoms with Crippen molar-refractivity contribution in [2.24, 2.45) is 23.5 Å². The molecular formula is C19H28N2O. The van der Waals surface area contributed by atoms with Gasteiger partial charge in [-0.25, -0.2) is 0 Å². The molecule has 0 radical (unpaired) electrons. The van der Waals surface area contributed by atoms with Crippen LogP contribution in [0.4, 0.5) is 5.69 Å². The van der Waals surface area contributed by atoms with Gasteiger partial charge < -0.3 is 11.1 Å². The van der Waals surface area contributed by atoms with E-state index >= 15 is 0 Å². The first-order chi connectivity index (χ1) is 10.5. The molecule has 1 aromatic carbocycles. The molecule has 2 fully saturated rings. The van der Waals surface area contributed by atoms with Gasteiger partial charge >= 0.3 is 0 Å². The highest BCUT2D eigenvalue weighted by Gasteiger charge is 2.40. The summed E-state index contributed by atoms with van der Waals surface area (Å²) in [5.41, 5.74) is 10.9. The number of carbonyl (C=O) groups is 1. The first-order valence-corrected chi connectivity index (χ1v) is 8.60. The number of benzene rings is 1. The lowest BCUT2D eigenvalue weighted by atomic mass is 9.65. The van der Waals surface area contributed by atoms with E-state index in [0.29, 0.717) is 17.9 Å². The van der Waals surface area contributed by atoms with E-state index in [9.17, 15) is 4.79 Å². The van der Waals surface area contributed by atoms with Gasteiger partial charge in [-0.3, -0.25) is 4.79 Å². The number of hydrogen-bond acceptors (Lipinski definition) is 2. The van der Waals surface area contributed by atoms with E-state index in [4.69, 9.17) is 5.73 Å². The maximum atomic E-state index is 12.7. The summed E-state index contributed by atoms with van der Waals surface area (Å²) in [5, 5.41) is 3.20. The van der Waals surface area contributed by atoms with Gasteiger partial charge in [-0.2, -0.15) is 0 Å². The third kappa shape index (κ3) is 2.91. The Balaban J connectivity index is 1.73. The van der Waals surface area contributed by atoms with Crippen LogP contribution in [0.25, 0.3) is 0 Å². The minimum absolute atomic E-state index is 0.134. The zero-order valence-corrected chi connectivity index (χ0v) is 14.0. The average molecular weight is 300 g/mol. The third-order valence-corrected chi connectivity index (χ3v) is 5.71. The van der Waals surface area contributed by atoms with Crippen molar-refractivity contribution < 1.29 is 4.79 Å². The van der Waals surface area contributed by atoms with Gasteiger partial charge in [-0.1, -0.05) is 24.1 Å². The van der Waals surface area contributed by atoms with Crippen LogP contribution in [-0.4, -0.2) is 11.9 Å². The fraction of sp³-hybridized carbons (Fsp3) is 0.632. The van der Waals surface area contributed by atoms with Crippen molar-refractivity contribution in [1.82, 2.24) is 0 Å². The molecular weight excluding hydrogens is 272 g/mol. The molecule has 0 aliphatic heterocycles. The van der Waals surface area contributed by atoms with Crippen LogP contribution in [0.3, 0.4) is 0 Å². The van der Waals surface area contributed by atoms with Crippen LogP contribution >= 0.6 is 0 Å². The largest absolute Gasteiger partial charge is 0.327 e. The Kier molecular flexibility index (Phi) is 4.26. The number of aryl methyl sites for hydroxylation is 3. The molecule has 0 heterocycles. The van der Waals surface area contributed by atoms with Crippen LogP contribution in [0.5, 0.6) is 0 Å². The van der Waals surface area contributed by atoms with Crippen molar-refractivity contribution in [1.29, 1.82) is 0 Å². The Morgan fingerprint density at radius 3 is 2.18 bits per heavy atom. The first-order valence-electron chi connectivity index (χ1n) is 8.60. The van der Waals surface area contributed by atoms with E-state index < -0.39 is 0 Å². The summed E-state index contributed by atoms with van der Waals surface area (Å²) in [6.45, 7) is 6.23. The van der Waals surface area contributed by atoms with Crippen LogP contribution in [0.2, 0.25) is 0 Å². The number of rotatable bonds is 2. The molecule has 3 heteroatoms. The van der Waals surface area contributed by atoms with Crippen LogP contribution < -0.4 is 11.1 Å². The number of fused-ring (bicyclic) bond motifs is 2. The van der Waals surface area contributed by atoms with Gasteiger partial charge in [0.15, 0.2) is 0 Å². The number of amides is 1. The summed E-state index contributed by atoms with van der Waals surface area (Å²) in [6.07, 6.45) is 5.61. The van der Waals surface area contributed by atoms with E-state index in [-0.39, 0.29) is 11.8 Å². The van der Waals surface area contributed by atoms with Crippen LogP contribution in [-0.2, 0) is 4.79 Å². The van der Waals surface area contributed by atoms with E-state index in [2.05, 4.69) is 38.2 Å².